The Morgan fingerprint density at radius 2 is 1.48 bits per heavy atom. The summed E-state index contributed by atoms with van der Waals surface area (Å²) in [6.45, 7) is 0. The number of carbonyl (C=O) groups is 1. The molecule has 1 aliphatic rings. The molecule has 3 aromatic rings. The fraction of sp³-hybridized carbons (Fsp3) is 0.0526. The predicted molar refractivity (Wildman–Crippen MR) is 87.1 cm³/mol. The van der Waals surface area contributed by atoms with Gasteiger partial charge in [-0.1, -0.05) is 24.3 Å². The SMILES string of the molecule is O=C1C(c2ccc(C(F)(F)F)cc2)=[N+]([O-])c2cc3ccccc3cc21. The molecule has 0 bridgehead atoms. The molecule has 6 heteroatoms. The van der Waals surface area contributed by atoms with Gasteiger partial charge in [-0.3, -0.25) is 4.79 Å². The second-order valence-electron chi connectivity index (χ2n) is 5.76. The number of Topliss-reactive ketones (excluding diaryl/α,β-unsaturated/α-hetero) is 1. The van der Waals surface area contributed by atoms with E-state index in [0.29, 0.717) is 4.74 Å². The third kappa shape index (κ3) is 2.38. The van der Waals surface area contributed by atoms with E-state index in [0.717, 1.165) is 35.0 Å². The maximum atomic E-state index is 12.7. The summed E-state index contributed by atoms with van der Waals surface area (Å²) in [4.78, 5) is 12.6. The van der Waals surface area contributed by atoms with E-state index in [1.807, 2.05) is 24.3 Å². The average molecular weight is 341 g/mol. The van der Waals surface area contributed by atoms with Gasteiger partial charge in [0.25, 0.3) is 11.5 Å². The zero-order chi connectivity index (χ0) is 17.8. The Bertz CT molecular complexity index is 1050. The molecule has 0 spiro atoms. The molecule has 1 aliphatic heterocycles. The smallest absolute Gasteiger partial charge is 0.416 e. The first-order valence-electron chi connectivity index (χ1n) is 7.45. The van der Waals surface area contributed by atoms with Crippen LogP contribution in [0.2, 0.25) is 0 Å². The lowest BCUT2D eigenvalue weighted by atomic mass is 9.99. The van der Waals surface area contributed by atoms with Gasteiger partial charge in [0.15, 0.2) is 0 Å². The minimum atomic E-state index is -4.47. The highest BCUT2D eigenvalue weighted by Gasteiger charge is 2.37. The van der Waals surface area contributed by atoms with Crippen molar-refractivity contribution in [2.75, 3.05) is 0 Å². The number of fused-ring (bicyclic) bond motifs is 2. The fourth-order valence-electron chi connectivity index (χ4n) is 2.98. The number of rotatable bonds is 1. The van der Waals surface area contributed by atoms with Crippen LogP contribution in [0, 0.1) is 5.21 Å². The predicted octanol–water partition coefficient (Wildman–Crippen LogP) is 4.69. The number of alkyl halides is 3. The Labute approximate surface area is 140 Å². The summed E-state index contributed by atoms with van der Waals surface area (Å²) >= 11 is 0. The fourth-order valence-corrected chi connectivity index (χ4v) is 2.98. The molecule has 0 aliphatic carbocycles. The Balaban J connectivity index is 1.84. The van der Waals surface area contributed by atoms with Crippen molar-refractivity contribution < 1.29 is 22.7 Å². The molecule has 0 radical (unpaired) electrons. The van der Waals surface area contributed by atoms with Gasteiger partial charge in [0.2, 0.25) is 5.69 Å². The van der Waals surface area contributed by atoms with Crippen LogP contribution in [0.15, 0.2) is 60.7 Å². The number of nitrogens with zero attached hydrogens (tertiary/aromatic N) is 1. The van der Waals surface area contributed by atoms with Crippen molar-refractivity contribution in [1.29, 1.82) is 0 Å². The highest BCUT2D eigenvalue weighted by Crippen LogP contribution is 2.33. The quantitative estimate of drug-likeness (QED) is 0.476. The molecule has 25 heavy (non-hydrogen) atoms. The molecular weight excluding hydrogens is 331 g/mol. The molecule has 0 saturated carbocycles. The zero-order valence-corrected chi connectivity index (χ0v) is 12.7. The third-order valence-electron chi connectivity index (χ3n) is 4.23. The monoisotopic (exact) mass is 341 g/mol. The molecule has 3 aromatic carbocycles. The first kappa shape index (κ1) is 15.4. The normalized spacial score (nSPS) is 14.3. The van der Waals surface area contributed by atoms with Crippen LogP contribution in [0.1, 0.15) is 21.5 Å². The van der Waals surface area contributed by atoms with Crippen LogP contribution >= 0.6 is 0 Å². The summed E-state index contributed by atoms with van der Waals surface area (Å²) in [6.07, 6.45) is -4.47. The van der Waals surface area contributed by atoms with Crippen molar-refractivity contribution in [3.63, 3.8) is 0 Å². The molecule has 1 heterocycles. The van der Waals surface area contributed by atoms with Crippen LogP contribution in [-0.2, 0) is 6.18 Å². The van der Waals surface area contributed by atoms with Gasteiger partial charge in [0.1, 0.15) is 5.56 Å². The molecule has 0 amide bonds. The minimum absolute atomic E-state index is 0.160. The zero-order valence-electron chi connectivity index (χ0n) is 12.7. The second-order valence-corrected chi connectivity index (χ2v) is 5.76. The van der Waals surface area contributed by atoms with Crippen molar-refractivity contribution in [2.24, 2.45) is 0 Å². The van der Waals surface area contributed by atoms with Crippen molar-refractivity contribution in [2.45, 2.75) is 6.18 Å². The van der Waals surface area contributed by atoms with E-state index in [-0.39, 0.29) is 22.5 Å². The Hall–Kier alpha value is -3.15. The van der Waals surface area contributed by atoms with Gasteiger partial charge < -0.3 is 5.21 Å². The van der Waals surface area contributed by atoms with E-state index in [9.17, 15) is 23.2 Å². The van der Waals surface area contributed by atoms with Crippen LogP contribution in [-0.4, -0.2) is 16.2 Å². The largest absolute Gasteiger partial charge is 0.618 e. The van der Waals surface area contributed by atoms with Crippen LogP contribution < -0.4 is 0 Å². The molecule has 124 valence electrons. The third-order valence-corrected chi connectivity index (χ3v) is 4.23. The number of halogens is 3. The highest BCUT2D eigenvalue weighted by atomic mass is 19.4. The van der Waals surface area contributed by atoms with E-state index in [1.54, 1.807) is 12.1 Å². The van der Waals surface area contributed by atoms with Gasteiger partial charge in [0.05, 0.1) is 11.1 Å². The van der Waals surface area contributed by atoms with Gasteiger partial charge >= 0.3 is 6.18 Å². The van der Waals surface area contributed by atoms with Crippen LogP contribution in [0.3, 0.4) is 0 Å². The lowest BCUT2D eigenvalue weighted by Gasteiger charge is -2.07. The summed E-state index contributed by atoms with van der Waals surface area (Å²) in [5, 5.41) is 14.2. The number of carbonyl (C=O) groups excluding carboxylic acids is 1. The Kier molecular flexibility index (Phi) is 3.18. The van der Waals surface area contributed by atoms with Gasteiger partial charge in [-0.15, -0.1) is 0 Å². The first-order chi connectivity index (χ1) is 11.9. The van der Waals surface area contributed by atoms with E-state index < -0.39 is 17.5 Å². The van der Waals surface area contributed by atoms with E-state index >= 15 is 0 Å². The van der Waals surface area contributed by atoms with Gasteiger partial charge in [-0.05, 0) is 41.1 Å². The minimum Gasteiger partial charge on any atom is -0.618 e. The number of hydrogen-bond acceptors (Lipinski definition) is 2. The maximum absolute atomic E-state index is 12.7. The molecule has 0 fully saturated rings. The Morgan fingerprint density at radius 3 is 2.08 bits per heavy atom. The second kappa shape index (κ2) is 5.17. The summed E-state index contributed by atoms with van der Waals surface area (Å²) in [6, 6.07) is 14.6. The molecule has 0 atom stereocenters. The molecule has 0 N–H and O–H groups in total. The summed E-state index contributed by atoms with van der Waals surface area (Å²) in [5.74, 6) is -0.490. The molecule has 0 saturated heterocycles. The number of ketones is 1. The van der Waals surface area contributed by atoms with Gasteiger partial charge in [0, 0.05) is 6.07 Å². The lowest BCUT2D eigenvalue weighted by molar-refractivity contribution is -0.355. The number of benzene rings is 3. The van der Waals surface area contributed by atoms with Gasteiger partial charge in [-0.2, -0.15) is 17.9 Å². The summed E-state index contributed by atoms with van der Waals surface area (Å²) < 4.78 is 38.5. The van der Waals surface area contributed by atoms with Crippen LogP contribution in [0.5, 0.6) is 0 Å². The lowest BCUT2D eigenvalue weighted by Crippen LogP contribution is -2.17. The van der Waals surface area contributed by atoms with Crippen molar-refractivity contribution >= 4 is 28.0 Å². The van der Waals surface area contributed by atoms with Gasteiger partial charge in [-0.25, -0.2) is 0 Å². The van der Waals surface area contributed by atoms with E-state index in [4.69, 9.17) is 0 Å². The summed E-state index contributed by atoms with van der Waals surface area (Å²) in [7, 11) is 0. The highest BCUT2D eigenvalue weighted by molar-refractivity contribution is 6.52. The molecule has 4 rings (SSSR count). The summed E-state index contributed by atoms with van der Waals surface area (Å²) in [5.41, 5.74) is -0.377. The topological polar surface area (TPSA) is 43.1 Å². The van der Waals surface area contributed by atoms with Crippen LogP contribution in [0.4, 0.5) is 18.9 Å². The first-order valence-corrected chi connectivity index (χ1v) is 7.45. The molecule has 0 aromatic heterocycles. The molecular formula is C19H10F3NO2. The molecule has 0 unspecified atom stereocenters. The van der Waals surface area contributed by atoms with E-state index in [2.05, 4.69) is 0 Å². The number of hydrogen-bond donors (Lipinski definition) is 0. The average Bonchev–Trinajstić information content (AvgIpc) is 2.83. The van der Waals surface area contributed by atoms with Crippen molar-refractivity contribution in [3.8, 4) is 0 Å². The maximum Gasteiger partial charge on any atom is 0.416 e. The molecule has 3 nitrogen and oxygen atoms in total. The van der Waals surface area contributed by atoms with Crippen LogP contribution in [0.25, 0.3) is 10.8 Å². The standard InChI is InChI=1S/C19H10F3NO2/c20-19(21,22)14-7-5-11(6-8-14)17-18(24)15-9-12-3-1-2-4-13(12)10-16(15)23(17)25/h1-10H. The van der Waals surface area contributed by atoms with Crippen molar-refractivity contribution in [1.82, 2.24) is 0 Å². The van der Waals surface area contributed by atoms with Crippen molar-refractivity contribution in [3.05, 3.63) is 82.6 Å². The van der Waals surface area contributed by atoms with E-state index in [1.165, 1.54) is 0 Å². The Morgan fingerprint density at radius 1 is 0.880 bits per heavy atom.